The van der Waals surface area contributed by atoms with Crippen LogP contribution in [0.2, 0.25) is 0 Å². The van der Waals surface area contributed by atoms with Crippen LogP contribution in [0.1, 0.15) is 29.2 Å². The second-order valence-corrected chi connectivity index (χ2v) is 7.25. The van der Waals surface area contributed by atoms with Gasteiger partial charge in [0.25, 0.3) is 0 Å². The van der Waals surface area contributed by atoms with E-state index in [0.717, 1.165) is 12.8 Å². The number of pyridine rings is 1. The van der Waals surface area contributed by atoms with E-state index >= 15 is 0 Å². The van der Waals surface area contributed by atoms with Gasteiger partial charge >= 0.3 is 5.97 Å². The summed E-state index contributed by atoms with van der Waals surface area (Å²) < 4.78 is 16.7. The Labute approximate surface area is 155 Å². The molecule has 2 aliphatic rings. The molecule has 2 heterocycles. The lowest BCUT2D eigenvalue weighted by Crippen LogP contribution is -2.51. The predicted octanol–water partition coefficient (Wildman–Crippen LogP) is 1.93. The first-order valence-corrected chi connectivity index (χ1v) is 8.93. The number of likely N-dealkylation sites (N-methyl/N-ethyl adjacent to an activating group) is 1. The van der Waals surface area contributed by atoms with Crippen molar-refractivity contribution in [3.63, 3.8) is 0 Å². The van der Waals surface area contributed by atoms with Crippen LogP contribution in [-0.2, 0) is 0 Å². The molecule has 1 saturated carbocycles. The lowest BCUT2D eigenvalue weighted by Gasteiger charge is -2.38. The Morgan fingerprint density at radius 2 is 2.07 bits per heavy atom. The summed E-state index contributed by atoms with van der Waals surface area (Å²) in [5, 5.41) is 9.42. The molecule has 7 heteroatoms. The Kier molecular flexibility index (Phi) is 4.16. The van der Waals surface area contributed by atoms with Crippen LogP contribution in [0.15, 0.2) is 23.1 Å². The van der Waals surface area contributed by atoms with Crippen molar-refractivity contribution in [1.82, 2.24) is 9.47 Å². The van der Waals surface area contributed by atoms with Crippen molar-refractivity contribution >= 4 is 22.6 Å². The molecular weight excluding hydrogens is 349 g/mol. The minimum atomic E-state index is -1.29. The number of nitrogens with zero attached hydrogens (tertiary/aromatic N) is 3. The number of rotatable bonds is 3. The summed E-state index contributed by atoms with van der Waals surface area (Å²) in [7, 11) is 1.94. The van der Waals surface area contributed by atoms with Crippen molar-refractivity contribution in [2.24, 2.45) is 0 Å². The van der Waals surface area contributed by atoms with E-state index < -0.39 is 17.2 Å². The number of fused-ring (bicyclic) bond motifs is 1. The van der Waals surface area contributed by atoms with E-state index in [4.69, 9.17) is 6.42 Å². The number of terminal acetylenes is 1. The Morgan fingerprint density at radius 3 is 2.70 bits per heavy atom. The maximum atomic E-state index is 14.9. The quantitative estimate of drug-likeness (QED) is 0.838. The molecule has 2 fully saturated rings. The highest BCUT2D eigenvalue weighted by Gasteiger charge is 2.29. The van der Waals surface area contributed by atoms with Gasteiger partial charge in [0, 0.05) is 37.3 Å². The Bertz CT molecular complexity index is 1040. The molecule has 1 N–H and O–H groups in total. The zero-order chi connectivity index (χ0) is 19.3. The molecule has 1 saturated heterocycles. The number of piperazine rings is 1. The highest BCUT2D eigenvalue weighted by molar-refractivity contribution is 5.93. The van der Waals surface area contributed by atoms with Gasteiger partial charge < -0.3 is 14.6 Å². The Hall–Kier alpha value is -2.85. The van der Waals surface area contributed by atoms with Crippen molar-refractivity contribution in [1.29, 1.82) is 0 Å². The molecule has 1 aromatic carbocycles. The molecule has 4 rings (SSSR count). The molecule has 1 atom stereocenters. The van der Waals surface area contributed by atoms with E-state index in [9.17, 15) is 19.1 Å². The second kappa shape index (κ2) is 6.39. The zero-order valence-corrected chi connectivity index (χ0v) is 15.0. The van der Waals surface area contributed by atoms with Gasteiger partial charge in [-0.25, -0.2) is 9.18 Å². The number of carboxylic acids is 1. The van der Waals surface area contributed by atoms with E-state index in [-0.39, 0.29) is 23.0 Å². The third-order valence-electron chi connectivity index (χ3n) is 5.45. The maximum Gasteiger partial charge on any atom is 0.341 e. The van der Waals surface area contributed by atoms with E-state index in [1.807, 2.05) is 11.9 Å². The first-order valence-electron chi connectivity index (χ1n) is 8.93. The van der Waals surface area contributed by atoms with Crippen molar-refractivity contribution in [3.05, 3.63) is 39.9 Å². The summed E-state index contributed by atoms with van der Waals surface area (Å²) >= 11 is 0. The molecular formula is C20H20FN3O3. The summed E-state index contributed by atoms with van der Waals surface area (Å²) in [4.78, 5) is 27.9. The van der Waals surface area contributed by atoms with Gasteiger partial charge in [-0.1, -0.05) is 5.92 Å². The van der Waals surface area contributed by atoms with Gasteiger partial charge in [0.1, 0.15) is 11.4 Å². The zero-order valence-electron chi connectivity index (χ0n) is 15.0. The normalized spacial score (nSPS) is 20.6. The summed E-state index contributed by atoms with van der Waals surface area (Å²) in [5.41, 5.74) is -0.0129. The summed E-state index contributed by atoms with van der Waals surface area (Å²) in [5.74, 6) is 0.888. The Morgan fingerprint density at radius 1 is 1.33 bits per heavy atom. The Balaban J connectivity index is 1.87. The van der Waals surface area contributed by atoms with Gasteiger partial charge in [0.2, 0.25) is 5.43 Å². The van der Waals surface area contributed by atoms with Gasteiger partial charge in [0.15, 0.2) is 0 Å². The van der Waals surface area contributed by atoms with E-state index in [2.05, 4.69) is 10.8 Å². The number of benzene rings is 1. The van der Waals surface area contributed by atoms with Gasteiger partial charge in [-0.05, 0) is 32.0 Å². The fourth-order valence-electron chi connectivity index (χ4n) is 3.68. The van der Waals surface area contributed by atoms with Gasteiger partial charge in [-0.3, -0.25) is 9.69 Å². The maximum absolute atomic E-state index is 14.9. The third kappa shape index (κ3) is 2.96. The average molecular weight is 369 g/mol. The lowest BCUT2D eigenvalue weighted by atomic mass is 10.1. The van der Waals surface area contributed by atoms with Gasteiger partial charge in [0.05, 0.1) is 17.2 Å². The smallest absolute Gasteiger partial charge is 0.341 e. The van der Waals surface area contributed by atoms with E-state index in [0.29, 0.717) is 30.8 Å². The van der Waals surface area contributed by atoms with Crippen LogP contribution in [0.3, 0.4) is 0 Å². The molecule has 0 amide bonds. The first-order chi connectivity index (χ1) is 12.9. The van der Waals surface area contributed by atoms with Crippen molar-refractivity contribution in [2.75, 3.05) is 31.6 Å². The molecule has 2 aromatic rings. The van der Waals surface area contributed by atoms with Crippen LogP contribution in [0.4, 0.5) is 10.1 Å². The topological polar surface area (TPSA) is 65.8 Å². The summed E-state index contributed by atoms with van der Waals surface area (Å²) in [6.07, 6.45) is 8.80. The molecule has 1 aliphatic carbocycles. The lowest BCUT2D eigenvalue weighted by molar-refractivity contribution is 0.0695. The molecule has 0 radical (unpaired) electrons. The van der Waals surface area contributed by atoms with Gasteiger partial charge in [-0.15, -0.1) is 6.42 Å². The first kappa shape index (κ1) is 17.6. The molecule has 140 valence electrons. The summed E-state index contributed by atoms with van der Waals surface area (Å²) in [6, 6.07) is 2.86. The van der Waals surface area contributed by atoms with E-state index in [1.54, 1.807) is 10.6 Å². The summed E-state index contributed by atoms with van der Waals surface area (Å²) in [6.45, 7) is 1.83. The van der Waals surface area contributed by atoms with Crippen LogP contribution in [-0.4, -0.2) is 53.3 Å². The van der Waals surface area contributed by atoms with Gasteiger partial charge in [-0.2, -0.15) is 0 Å². The number of aromatic nitrogens is 1. The van der Waals surface area contributed by atoms with Crippen LogP contribution >= 0.6 is 0 Å². The third-order valence-corrected chi connectivity index (χ3v) is 5.45. The standard InChI is InChI=1S/C20H20FN3O3/c1-3-12-10-23(7-6-22(12)2)18-9-17-14(8-16(18)21)19(25)15(20(26)27)11-24(17)13-4-5-13/h1,8-9,11-13H,4-7,10H2,2H3,(H,26,27). The number of carbonyl (C=O) groups is 1. The molecule has 1 unspecified atom stereocenters. The van der Waals surface area contributed by atoms with Crippen LogP contribution in [0.25, 0.3) is 10.9 Å². The van der Waals surface area contributed by atoms with Crippen LogP contribution in [0.5, 0.6) is 0 Å². The number of carboxylic acid groups (broad SMARTS) is 1. The highest BCUT2D eigenvalue weighted by atomic mass is 19.1. The monoisotopic (exact) mass is 369 g/mol. The highest BCUT2D eigenvalue weighted by Crippen LogP contribution is 2.38. The average Bonchev–Trinajstić information content (AvgIpc) is 3.47. The number of anilines is 1. The molecule has 6 nitrogen and oxygen atoms in total. The number of hydrogen-bond acceptors (Lipinski definition) is 4. The largest absolute Gasteiger partial charge is 0.477 e. The minimum Gasteiger partial charge on any atom is -0.477 e. The number of halogens is 1. The van der Waals surface area contributed by atoms with Crippen molar-refractivity contribution in [2.45, 2.75) is 24.9 Å². The molecule has 0 bridgehead atoms. The van der Waals surface area contributed by atoms with Crippen molar-refractivity contribution < 1.29 is 14.3 Å². The molecule has 0 spiro atoms. The van der Waals surface area contributed by atoms with Crippen LogP contribution in [0, 0.1) is 18.2 Å². The van der Waals surface area contributed by atoms with E-state index in [1.165, 1.54) is 12.3 Å². The fraction of sp³-hybridized carbons (Fsp3) is 0.400. The number of aromatic carboxylic acids is 1. The van der Waals surface area contributed by atoms with Crippen LogP contribution < -0.4 is 10.3 Å². The molecule has 1 aromatic heterocycles. The molecule has 1 aliphatic heterocycles. The fourth-order valence-corrected chi connectivity index (χ4v) is 3.68. The SMILES string of the molecule is C#CC1CN(c2cc3c(cc2F)c(=O)c(C(=O)O)cn3C2CC2)CCN1C. The number of hydrogen-bond donors (Lipinski definition) is 1. The van der Waals surface area contributed by atoms with Crippen molar-refractivity contribution in [3.8, 4) is 12.3 Å². The predicted molar refractivity (Wildman–Crippen MR) is 101 cm³/mol. The molecule has 27 heavy (non-hydrogen) atoms. The minimum absolute atomic E-state index is 0.102. The second-order valence-electron chi connectivity index (χ2n) is 7.25.